The zero-order valence-corrected chi connectivity index (χ0v) is 18.1. The van der Waals surface area contributed by atoms with E-state index in [1.54, 1.807) is 12.1 Å². The van der Waals surface area contributed by atoms with E-state index in [9.17, 15) is 14.4 Å². The Morgan fingerprint density at radius 2 is 1.61 bits per heavy atom. The predicted octanol–water partition coefficient (Wildman–Crippen LogP) is 4.25. The monoisotopic (exact) mass is 434 g/mol. The third-order valence-corrected chi connectivity index (χ3v) is 7.27. The van der Waals surface area contributed by atoms with Gasteiger partial charge in [-0.15, -0.1) is 0 Å². The summed E-state index contributed by atoms with van der Waals surface area (Å²) in [4.78, 5) is 43.4. The van der Waals surface area contributed by atoms with Gasteiger partial charge < -0.3 is 10.2 Å². The second-order valence-corrected chi connectivity index (χ2v) is 8.91. The van der Waals surface area contributed by atoms with Crippen molar-refractivity contribution in [1.82, 2.24) is 0 Å². The van der Waals surface area contributed by atoms with Gasteiger partial charge in [-0.2, -0.15) is 0 Å². The van der Waals surface area contributed by atoms with Crippen molar-refractivity contribution >= 4 is 34.9 Å². The van der Waals surface area contributed by atoms with Crippen LogP contribution in [-0.4, -0.2) is 29.6 Å². The van der Waals surface area contributed by atoms with E-state index in [1.165, 1.54) is 6.92 Å². The molecular weight excluding hydrogens is 412 g/mol. The first-order valence-corrected chi connectivity index (χ1v) is 11.1. The molecule has 0 saturated carbocycles. The molecule has 5 nitrogen and oxygen atoms in total. The maximum atomic E-state index is 14.1. The van der Waals surface area contributed by atoms with Crippen molar-refractivity contribution in [1.29, 1.82) is 0 Å². The molecule has 0 aromatic heterocycles. The molecular formula is C28H22N2O3. The molecule has 0 radical (unpaired) electrons. The maximum absolute atomic E-state index is 14.1. The SMILES string of the molecule is CC(=O)[C@@H]1N2c3ccccc3C=C[C@@H]2[C@H](C(=O)c2ccccc2)[C@]12C(=O)Nc1ccccc12. The average molecular weight is 434 g/mol. The molecule has 4 atom stereocenters. The Morgan fingerprint density at radius 3 is 2.39 bits per heavy atom. The number of benzene rings is 3. The number of carbonyl (C=O) groups is 3. The van der Waals surface area contributed by atoms with E-state index in [1.807, 2.05) is 83.8 Å². The smallest absolute Gasteiger partial charge is 0.238 e. The maximum Gasteiger partial charge on any atom is 0.238 e. The van der Waals surface area contributed by atoms with Gasteiger partial charge in [0.25, 0.3) is 0 Å². The van der Waals surface area contributed by atoms with Gasteiger partial charge in [0.15, 0.2) is 11.6 Å². The number of nitrogens with zero attached hydrogens (tertiary/aromatic N) is 1. The first-order valence-electron chi connectivity index (χ1n) is 11.1. The van der Waals surface area contributed by atoms with Crippen LogP contribution in [0.15, 0.2) is 84.9 Å². The van der Waals surface area contributed by atoms with Crippen molar-refractivity contribution in [3.05, 3.63) is 102 Å². The minimum absolute atomic E-state index is 0.134. The Kier molecular flexibility index (Phi) is 4.18. The fourth-order valence-corrected chi connectivity index (χ4v) is 6.10. The molecule has 3 heterocycles. The van der Waals surface area contributed by atoms with E-state index < -0.39 is 23.4 Å². The second-order valence-electron chi connectivity index (χ2n) is 8.91. The number of hydrogen-bond acceptors (Lipinski definition) is 4. The third kappa shape index (κ3) is 2.50. The number of ketones is 2. The Bertz CT molecular complexity index is 1350. The molecule has 3 aromatic carbocycles. The molecule has 6 rings (SSSR count). The molecule has 3 aliphatic heterocycles. The highest BCUT2D eigenvalue weighted by atomic mass is 16.2. The van der Waals surface area contributed by atoms with Gasteiger partial charge in [-0.25, -0.2) is 0 Å². The molecule has 1 saturated heterocycles. The molecule has 0 bridgehead atoms. The summed E-state index contributed by atoms with van der Waals surface area (Å²) in [5.41, 5.74) is 2.42. The average Bonchev–Trinajstić information content (AvgIpc) is 3.32. The fraction of sp³-hybridized carbons (Fsp3) is 0.179. The minimum atomic E-state index is -1.33. The zero-order valence-electron chi connectivity index (χ0n) is 18.1. The van der Waals surface area contributed by atoms with E-state index in [0.29, 0.717) is 16.8 Å². The number of hydrogen-bond donors (Lipinski definition) is 1. The van der Waals surface area contributed by atoms with Crippen molar-refractivity contribution in [3.63, 3.8) is 0 Å². The molecule has 5 heteroatoms. The topological polar surface area (TPSA) is 66.5 Å². The molecule has 0 unspecified atom stereocenters. The van der Waals surface area contributed by atoms with Gasteiger partial charge in [0.1, 0.15) is 11.5 Å². The van der Waals surface area contributed by atoms with Crippen molar-refractivity contribution < 1.29 is 14.4 Å². The molecule has 1 N–H and O–H groups in total. The number of amides is 1. The summed E-state index contributed by atoms with van der Waals surface area (Å²) < 4.78 is 0. The van der Waals surface area contributed by atoms with Gasteiger partial charge in [-0.1, -0.05) is 78.9 Å². The molecule has 3 aromatic rings. The molecule has 3 aliphatic rings. The summed E-state index contributed by atoms with van der Waals surface area (Å²) >= 11 is 0. The summed E-state index contributed by atoms with van der Waals surface area (Å²) in [5.74, 6) is -1.33. The zero-order chi connectivity index (χ0) is 22.7. The van der Waals surface area contributed by atoms with Gasteiger partial charge in [0.2, 0.25) is 5.91 Å². The number of anilines is 2. The van der Waals surface area contributed by atoms with E-state index in [0.717, 1.165) is 11.3 Å². The van der Waals surface area contributed by atoms with Crippen LogP contribution >= 0.6 is 0 Å². The van der Waals surface area contributed by atoms with Crippen LogP contribution in [-0.2, 0) is 15.0 Å². The van der Waals surface area contributed by atoms with Crippen molar-refractivity contribution in [3.8, 4) is 0 Å². The summed E-state index contributed by atoms with van der Waals surface area (Å²) in [7, 11) is 0. The first-order chi connectivity index (χ1) is 16.0. The van der Waals surface area contributed by atoms with E-state index >= 15 is 0 Å². The van der Waals surface area contributed by atoms with Gasteiger partial charge in [-0.05, 0) is 30.2 Å². The van der Waals surface area contributed by atoms with Crippen molar-refractivity contribution in [2.24, 2.45) is 5.92 Å². The number of rotatable bonds is 3. The minimum Gasteiger partial charge on any atom is -0.352 e. The van der Waals surface area contributed by atoms with Crippen molar-refractivity contribution in [2.75, 3.05) is 10.2 Å². The third-order valence-electron chi connectivity index (χ3n) is 7.27. The van der Waals surface area contributed by atoms with Crippen molar-refractivity contribution in [2.45, 2.75) is 24.4 Å². The number of nitrogens with one attached hydrogen (secondary N) is 1. The van der Waals surface area contributed by atoms with Crippen LogP contribution in [0.2, 0.25) is 0 Å². The lowest BCUT2D eigenvalue weighted by atomic mass is 9.64. The van der Waals surface area contributed by atoms with Gasteiger partial charge in [0, 0.05) is 16.9 Å². The second kappa shape index (κ2) is 7.01. The van der Waals surface area contributed by atoms with Gasteiger partial charge in [0.05, 0.1) is 12.0 Å². The van der Waals surface area contributed by atoms with E-state index in [2.05, 4.69) is 5.32 Å². The van der Waals surface area contributed by atoms with Crippen LogP contribution in [0.4, 0.5) is 11.4 Å². The molecule has 0 aliphatic carbocycles. The fourth-order valence-electron chi connectivity index (χ4n) is 6.10. The highest BCUT2D eigenvalue weighted by molar-refractivity contribution is 6.17. The summed E-state index contributed by atoms with van der Waals surface area (Å²) in [6.07, 6.45) is 3.98. The predicted molar refractivity (Wildman–Crippen MR) is 127 cm³/mol. The Hall–Kier alpha value is -3.99. The lowest BCUT2D eigenvalue weighted by molar-refractivity contribution is -0.127. The Labute approximate surface area is 191 Å². The van der Waals surface area contributed by atoms with Crippen LogP contribution in [0.5, 0.6) is 0 Å². The summed E-state index contributed by atoms with van der Waals surface area (Å²) in [6, 6.07) is 23.1. The molecule has 1 spiro atoms. The Balaban J connectivity index is 1.67. The highest BCUT2D eigenvalue weighted by Gasteiger charge is 2.70. The standard InChI is InChI=1S/C28H22N2O3/c1-17(31)26-28(20-12-6-7-13-21(20)29-27(28)33)24(25(32)19-10-3-2-4-11-19)23-16-15-18-9-5-8-14-22(18)30(23)26/h2-16,23-24,26H,1H3,(H,29,33)/t23-,24-,26+,28+/m1/s1. The summed E-state index contributed by atoms with van der Waals surface area (Å²) in [5, 5.41) is 2.99. The van der Waals surface area contributed by atoms with E-state index in [-0.39, 0.29) is 17.5 Å². The lowest BCUT2D eigenvalue weighted by Crippen LogP contribution is -2.54. The molecule has 162 valence electrons. The Morgan fingerprint density at radius 1 is 0.909 bits per heavy atom. The molecule has 33 heavy (non-hydrogen) atoms. The summed E-state index contributed by atoms with van der Waals surface area (Å²) in [6.45, 7) is 1.52. The number of para-hydroxylation sites is 2. The van der Waals surface area contributed by atoms with Crippen LogP contribution in [0.3, 0.4) is 0 Å². The number of carbonyl (C=O) groups excluding carboxylic acids is 3. The van der Waals surface area contributed by atoms with Crippen LogP contribution in [0, 0.1) is 5.92 Å². The number of Topliss-reactive ketones (excluding diaryl/α,β-unsaturated/α-hetero) is 2. The van der Waals surface area contributed by atoms with Gasteiger partial charge >= 0.3 is 0 Å². The quantitative estimate of drug-likeness (QED) is 0.626. The first kappa shape index (κ1) is 19.7. The van der Waals surface area contributed by atoms with E-state index in [4.69, 9.17) is 0 Å². The van der Waals surface area contributed by atoms with Crippen LogP contribution in [0.25, 0.3) is 6.08 Å². The molecule has 1 amide bonds. The van der Waals surface area contributed by atoms with Gasteiger partial charge in [-0.3, -0.25) is 14.4 Å². The highest BCUT2D eigenvalue weighted by Crippen LogP contribution is 2.57. The lowest BCUT2D eigenvalue weighted by Gasteiger charge is -2.36. The number of fused-ring (bicyclic) bond motifs is 5. The molecule has 1 fully saturated rings. The van der Waals surface area contributed by atoms with Crippen LogP contribution in [0.1, 0.15) is 28.4 Å². The normalized spacial score (nSPS) is 26.5. The van der Waals surface area contributed by atoms with Crippen LogP contribution < -0.4 is 10.2 Å². The largest absolute Gasteiger partial charge is 0.352 e.